The quantitative estimate of drug-likeness (QED) is 0.850. The molecular formula is C18H25Cl2N3O2. The molecule has 3 rings (SSSR count). The third-order valence-corrected chi connectivity index (χ3v) is 5.05. The summed E-state index contributed by atoms with van der Waals surface area (Å²) < 4.78 is 0. The highest BCUT2D eigenvalue weighted by atomic mass is 35.5. The Balaban J connectivity index is 0.00000225. The van der Waals surface area contributed by atoms with Crippen LogP contribution in [-0.4, -0.2) is 60.9 Å². The molecule has 1 N–H and O–H groups in total. The number of carbonyl (C=O) groups is 2. The van der Waals surface area contributed by atoms with Crippen LogP contribution in [0.1, 0.15) is 29.6 Å². The van der Waals surface area contributed by atoms with Crippen molar-refractivity contribution in [1.82, 2.24) is 15.1 Å². The first kappa shape index (κ1) is 20.0. The van der Waals surface area contributed by atoms with Crippen LogP contribution in [0.4, 0.5) is 0 Å². The van der Waals surface area contributed by atoms with Gasteiger partial charge in [-0.1, -0.05) is 11.6 Å². The zero-order chi connectivity index (χ0) is 16.9. The highest BCUT2D eigenvalue weighted by Crippen LogP contribution is 2.21. The maximum atomic E-state index is 12.8. The van der Waals surface area contributed by atoms with Gasteiger partial charge in [0.2, 0.25) is 5.91 Å². The Kier molecular flexibility index (Phi) is 7.54. The molecule has 2 heterocycles. The van der Waals surface area contributed by atoms with E-state index >= 15 is 0 Å². The average molecular weight is 386 g/mol. The summed E-state index contributed by atoms with van der Waals surface area (Å²) in [4.78, 5) is 29.2. The number of benzene rings is 1. The van der Waals surface area contributed by atoms with Crippen LogP contribution in [0.25, 0.3) is 0 Å². The lowest BCUT2D eigenvalue weighted by Crippen LogP contribution is -2.47. The summed E-state index contributed by atoms with van der Waals surface area (Å²) in [6, 6.07) is 6.95. The molecule has 25 heavy (non-hydrogen) atoms. The number of hydrogen-bond acceptors (Lipinski definition) is 3. The highest BCUT2D eigenvalue weighted by Gasteiger charge is 2.31. The first-order valence-electron chi connectivity index (χ1n) is 8.69. The third-order valence-electron chi connectivity index (χ3n) is 4.80. The van der Waals surface area contributed by atoms with Crippen molar-refractivity contribution in [3.05, 3.63) is 34.9 Å². The maximum Gasteiger partial charge on any atom is 0.253 e. The molecule has 0 radical (unpaired) electrons. The Morgan fingerprint density at radius 2 is 1.72 bits per heavy atom. The second kappa shape index (κ2) is 9.41. The van der Waals surface area contributed by atoms with Crippen LogP contribution in [-0.2, 0) is 4.79 Å². The fourth-order valence-electron chi connectivity index (χ4n) is 3.46. The molecule has 2 saturated heterocycles. The number of amides is 2. The number of halogens is 2. The minimum Gasteiger partial charge on any atom is -0.341 e. The second-order valence-electron chi connectivity index (χ2n) is 6.53. The monoisotopic (exact) mass is 385 g/mol. The van der Waals surface area contributed by atoms with Gasteiger partial charge >= 0.3 is 0 Å². The Morgan fingerprint density at radius 1 is 1.00 bits per heavy atom. The lowest BCUT2D eigenvalue weighted by Gasteiger charge is -2.34. The van der Waals surface area contributed by atoms with Crippen molar-refractivity contribution >= 4 is 35.8 Å². The fourth-order valence-corrected chi connectivity index (χ4v) is 3.59. The van der Waals surface area contributed by atoms with Gasteiger partial charge in [-0.05, 0) is 50.1 Å². The van der Waals surface area contributed by atoms with Gasteiger partial charge in [0.15, 0.2) is 0 Å². The number of piperidine rings is 1. The molecule has 138 valence electrons. The van der Waals surface area contributed by atoms with Crippen molar-refractivity contribution in [2.75, 3.05) is 39.3 Å². The summed E-state index contributed by atoms with van der Waals surface area (Å²) >= 11 is 5.89. The second-order valence-corrected chi connectivity index (χ2v) is 6.96. The van der Waals surface area contributed by atoms with Gasteiger partial charge in [0, 0.05) is 43.3 Å². The number of hydrogen-bond donors (Lipinski definition) is 1. The van der Waals surface area contributed by atoms with Gasteiger partial charge in [-0.2, -0.15) is 0 Å². The lowest BCUT2D eigenvalue weighted by atomic mass is 9.95. The topological polar surface area (TPSA) is 52.7 Å². The summed E-state index contributed by atoms with van der Waals surface area (Å²) in [6.07, 6.45) is 2.74. The molecule has 0 aromatic heterocycles. The van der Waals surface area contributed by atoms with Crippen molar-refractivity contribution in [3.63, 3.8) is 0 Å². The van der Waals surface area contributed by atoms with Gasteiger partial charge in [0.05, 0.1) is 5.92 Å². The first-order chi connectivity index (χ1) is 11.6. The molecule has 0 aliphatic carbocycles. The number of nitrogens with zero attached hydrogens (tertiary/aromatic N) is 2. The number of nitrogens with one attached hydrogen (secondary N) is 1. The summed E-state index contributed by atoms with van der Waals surface area (Å²) in [5, 5.41) is 3.94. The molecule has 2 fully saturated rings. The maximum absolute atomic E-state index is 12.8. The molecule has 2 aliphatic heterocycles. The molecule has 2 amide bonds. The summed E-state index contributed by atoms with van der Waals surface area (Å²) in [6.45, 7) is 4.63. The largest absolute Gasteiger partial charge is 0.341 e. The van der Waals surface area contributed by atoms with E-state index in [0.717, 1.165) is 45.4 Å². The molecule has 7 heteroatoms. The van der Waals surface area contributed by atoms with Crippen LogP contribution in [0, 0.1) is 5.92 Å². The van der Waals surface area contributed by atoms with Gasteiger partial charge in [-0.25, -0.2) is 0 Å². The Labute approximate surface area is 160 Å². The summed E-state index contributed by atoms with van der Waals surface area (Å²) in [5.74, 6) is 0.113. The van der Waals surface area contributed by atoms with Crippen LogP contribution >= 0.6 is 24.0 Å². The van der Waals surface area contributed by atoms with E-state index in [1.807, 2.05) is 9.80 Å². The molecule has 1 aromatic rings. The van der Waals surface area contributed by atoms with Crippen molar-refractivity contribution in [3.8, 4) is 0 Å². The van der Waals surface area contributed by atoms with Gasteiger partial charge in [-0.3, -0.25) is 9.59 Å². The van der Waals surface area contributed by atoms with Crippen LogP contribution in [0.3, 0.4) is 0 Å². The molecular weight excluding hydrogens is 361 g/mol. The number of rotatable bonds is 2. The van der Waals surface area contributed by atoms with Crippen LogP contribution in [0.2, 0.25) is 5.02 Å². The first-order valence-corrected chi connectivity index (χ1v) is 9.07. The number of likely N-dealkylation sites (tertiary alicyclic amines) is 1. The average Bonchev–Trinajstić information content (AvgIpc) is 2.90. The van der Waals surface area contributed by atoms with E-state index in [-0.39, 0.29) is 30.1 Å². The molecule has 1 aromatic carbocycles. The van der Waals surface area contributed by atoms with Crippen molar-refractivity contribution in [2.45, 2.75) is 19.3 Å². The van der Waals surface area contributed by atoms with Gasteiger partial charge in [-0.15, -0.1) is 12.4 Å². The minimum atomic E-state index is -0.0758. The van der Waals surface area contributed by atoms with Crippen molar-refractivity contribution < 1.29 is 9.59 Å². The van der Waals surface area contributed by atoms with Gasteiger partial charge < -0.3 is 15.1 Å². The SMILES string of the molecule is Cl.O=C(c1ccc(Cl)cc1)N1CCCC(C(=O)N2CCCNCC2)C1. The fraction of sp³-hybridized carbons (Fsp3) is 0.556. The third kappa shape index (κ3) is 5.09. The zero-order valence-electron chi connectivity index (χ0n) is 14.2. The van der Waals surface area contributed by atoms with E-state index in [1.54, 1.807) is 24.3 Å². The smallest absolute Gasteiger partial charge is 0.253 e. The predicted molar refractivity (Wildman–Crippen MR) is 101 cm³/mol. The van der Waals surface area contributed by atoms with Crippen molar-refractivity contribution in [1.29, 1.82) is 0 Å². The standard InChI is InChI=1S/C18H24ClN3O2.ClH/c19-16-6-4-14(5-7-16)17(23)22-10-1-3-15(13-22)18(24)21-11-2-8-20-9-12-21;/h4-7,15,20H,1-3,8-13H2;1H. The summed E-state index contributed by atoms with van der Waals surface area (Å²) in [7, 11) is 0. The van der Waals surface area contributed by atoms with E-state index in [9.17, 15) is 9.59 Å². The highest BCUT2D eigenvalue weighted by molar-refractivity contribution is 6.30. The van der Waals surface area contributed by atoms with E-state index < -0.39 is 0 Å². The van der Waals surface area contributed by atoms with E-state index in [4.69, 9.17) is 11.6 Å². The molecule has 0 spiro atoms. The van der Waals surface area contributed by atoms with Crippen LogP contribution < -0.4 is 5.32 Å². The van der Waals surface area contributed by atoms with Crippen molar-refractivity contribution in [2.24, 2.45) is 5.92 Å². The zero-order valence-corrected chi connectivity index (χ0v) is 15.8. The normalized spacial score (nSPS) is 21.2. The molecule has 0 bridgehead atoms. The Bertz CT molecular complexity index is 586. The van der Waals surface area contributed by atoms with Gasteiger partial charge in [0.25, 0.3) is 5.91 Å². The number of carbonyl (C=O) groups excluding carboxylic acids is 2. The van der Waals surface area contributed by atoms with E-state index in [1.165, 1.54) is 0 Å². The van der Waals surface area contributed by atoms with Crippen LogP contribution in [0.5, 0.6) is 0 Å². The predicted octanol–water partition coefficient (Wildman–Crippen LogP) is 2.44. The Hall–Kier alpha value is -1.30. The van der Waals surface area contributed by atoms with Gasteiger partial charge in [0.1, 0.15) is 0 Å². The molecule has 1 atom stereocenters. The molecule has 0 saturated carbocycles. The van der Waals surface area contributed by atoms with E-state index in [2.05, 4.69) is 5.32 Å². The lowest BCUT2D eigenvalue weighted by molar-refractivity contribution is -0.136. The van der Waals surface area contributed by atoms with E-state index in [0.29, 0.717) is 23.7 Å². The molecule has 1 unspecified atom stereocenters. The van der Waals surface area contributed by atoms with Crippen LogP contribution in [0.15, 0.2) is 24.3 Å². The summed E-state index contributed by atoms with van der Waals surface area (Å²) in [5.41, 5.74) is 0.631. The molecule has 2 aliphatic rings. The molecule has 5 nitrogen and oxygen atoms in total. The Morgan fingerprint density at radius 3 is 2.48 bits per heavy atom. The minimum absolute atomic E-state index is 0.